The van der Waals surface area contributed by atoms with Gasteiger partial charge in [-0.25, -0.2) is 0 Å². The van der Waals surface area contributed by atoms with Gasteiger partial charge in [0.25, 0.3) is 0 Å². The summed E-state index contributed by atoms with van der Waals surface area (Å²) >= 11 is 0. The number of likely N-dealkylation sites (N-methyl/N-ethyl adjacent to an activating group) is 3. The Balaban J connectivity index is 3.49. The standard InChI is InChI=1S/C17H39N3/c1-6-8-10-12-18(3)14-16-20(5)17-15-19(4)13-11-9-7-2/h6-17H2,1-5H3. The van der Waals surface area contributed by atoms with E-state index in [4.69, 9.17) is 0 Å². The molecule has 0 bridgehead atoms. The van der Waals surface area contributed by atoms with Crippen molar-refractivity contribution in [3.05, 3.63) is 0 Å². The van der Waals surface area contributed by atoms with E-state index in [0.29, 0.717) is 0 Å². The Hall–Kier alpha value is -0.120. The molecule has 0 saturated carbocycles. The molecule has 0 aliphatic rings. The summed E-state index contributed by atoms with van der Waals surface area (Å²) in [6, 6.07) is 0. The molecule has 0 heterocycles. The highest BCUT2D eigenvalue weighted by Gasteiger charge is 2.04. The molecule has 0 aromatic heterocycles. The number of rotatable bonds is 14. The molecule has 20 heavy (non-hydrogen) atoms. The molecule has 0 fully saturated rings. The van der Waals surface area contributed by atoms with Gasteiger partial charge in [-0.3, -0.25) is 0 Å². The fourth-order valence-electron chi connectivity index (χ4n) is 2.28. The van der Waals surface area contributed by atoms with E-state index in [9.17, 15) is 0 Å². The van der Waals surface area contributed by atoms with Gasteiger partial charge in [-0.05, 0) is 47.1 Å². The van der Waals surface area contributed by atoms with Gasteiger partial charge in [0, 0.05) is 26.2 Å². The van der Waals surface area contributed by atoms with Gasteiger partial charge in [0.15, 0.2) is 0 Å². The number of hydrogen-bond donors (Lipinski definition) is 0. The van der Waals surface area contributed by atoms with Gasteiger partial charge in [-0.15, -0.1) is 0 Å². The molecule has 0 aliphatic carbocycles. The first-order valence-corrected chi connectivity index (χ1v) is 8.65. The minimum Gasteiger partial charge on any atom is -0.305 e. The molecule has 3 nitrogen and oxygen atoms in total. The van der Waals surface area contributed by atoms with Crippen molar-refractivity contribution in [2.24, 2.45) is 0 Å². The molecule has 0 aromatic rings. The third kappa shape index (κ3) is 12.9. The Kier molecular flexibility index (Phi) is 13.8. The molecule has 0 spiro atoms. The molecule has 0 unspecified atom stereocenters. The number of unbranched alkanes of at least 4 members (excludes halogenated alkanes) is 4. The zero-order chi connectivity index (χ0) is 15.2. The number of hydrogen-bond acceptors (Lipinski definition) is 3. The van der Waals surface area contributed by atoms with Crippen LogP contribution in [0.5, 0.6) is 0 Å². The zero-order valence-electron chi connectivity index (χ0n) is 14.8. The van der Waals surface area contributed by atoms with Crippen LogP contribution < -0.4 is 0 Å². The van der Waals surface area contributed by atoms with Crippen LogP contribution in [0.1, 0.15) is 52.4 Å². The third-order valence-electron chi connectivity index (χ3n) is 4.01. The topological polar surface area (TPSA) is 9.72 Å². The Morgan fingerprint density at radius 2 is 0.750 bits per heavy atom. The van der Waals surface area contributed by atoms with Crippen molar-refractivity contribution in [2.45, 2.75) is 52.4 Å². The Bertz CT molecular complexity index is 177. The first kappa shape index (κ1) is 19.9. The largest absolute Gasteiger partial charge is 0.305 e. The van der Waals surface area contributed by atoms with Crippen molar-refractivity contribution in [3.63, 3.8) is 0 Å². The maximum atomic E-state index is 2.47. The molecular weight excluding hydrogens is 246 g/mol. The summed E-state index contributed by atoms with van der Waals surface area (Å²) in [5, 5.41) is 0. The Morgan fingerprint density at radius 3 is 1.05 bits per heavy atom. The lowest BCUT2D eigenvalue weighted by Gasteiger charge is -2.24. The summed E-state index contributed by atoms with van der Waals surface area (Å²) in [7, 11) is 6.75. The van der Waals surface area contributed by atoms with Crippen LogP contribution in [-0.4, -0.2) is 75.1 Å². The van der Waals surface area contributed by atoms with Crippen LogP contribution in [-0.2, 0) is 0 Å². The number of nitrogens with zero attached hydrogens (tertiary/aromatic N) is 3. The van der Waals surface area contributed by atoms with Gasteiger partial charge < -0.3 is 14.7 Å². The molecule has 0 aromatic carbocycles. The second kappa shape index (κ2) is 13.8. The average Bonchev–Trinajstić information content (AvgIpc) is 2.43. The molecule has 0 radical (unpaired) electrons. The molecule has 0 amide bonds. The third-order valence-corrected chi connectivity index (χ3v) is 4.01. The Morgan fingerprint density at radius 1 is 0.450 bits per heavy atom. The predicted molar refractivity (Wildman–Crippen MR) is 91.5 cm³/mol. The van der Waals surface area contributed by atoms with Crippen LogP contribution in [0.4, 0.5) is 0 Å². The summed E-state index contributed by atoms with van der Waals surface area (Å²) in [5.74, 6) is 0. The molecule has 0 saturated heterocycles. The van der Waals surface area contributed by atoms with Crippen molar-refractivity contribution in [1.82, 2.24) is 14.7 Å². The minimum absolute atomic E-state index is 1.19. The van der Waals surface area contributed by atoms with Crippen LogP contribution in [0.3, 0.4) is 0 Å². The summed E-state index contributed by atoms with van der Waals surface area (Å²) in [5.41, 5.74) is 0. The van der Waals surface area contributed by atoms with E-state index in [1.54, 1.807) is 0 Å². The van der Waals surface area contributed by atoms with Gasteiger partial charge in [0.05, 0.1) is 0 Å². The summed E-state index contributed by atoms with van der Waals surface area (Å²) < 4.78 is 0. The Labute approximate surface area is 128 Å². The highest BCUT2D eigenvalue weighted by Crippen LogP contribution is 1.98. The van der Waals surface area contributed by atoms with E-state index >= 15 is 0 Å². The van der Waals surface area contributed by atoms with E-state index in [1.165, 1.54) is 77.8 Å². The molecule has 3 heteroatoms. The van der Waals surface area contributed by atoms with Gasteiger partial charge >= 0.3 is 0 Å². The quantitative estimate of drug-likeness (QED) is 0.454. The van der Waals surface area contributed by atoms with E-state index in [0.717, 1.165) is 0 Å². The summed E-state index contributed by atoms with van der Waals surface area (Å²) in [6.07, 6.45) is 8.05. The molecule has 122 valence electrons. The second-order valence-electron chi connectivity index (χ2n) is 6.32. The van der Waals surface area contributed by atoms with Gasteiger partial charge in [0.2, 0.25) is 0 Å². The summed E-state index contributed by atoms with van der Waals surface area (Å²) in [4.78, 5) is 7.40. The fourth-order valence-corrected chi connectivity index (χ4v) is 2.28. The lowest BCUT2D eigenvalue weighted by atomic mass is 10.2. The van der Waals surface area contributed by atoms with Crippen LogP contribution in [0.2, 0.25) is 0 Å². The highest BCUT2D eigenvalue weighted by atomic mass is 15.2. The van der Waals surface area contributed by atoms with Crippen molar-refractivity contribution < 1.29 is 0 Å². The smallest absolute Gasteiger partial charge is 0.0107 e. The molecule has 0 rings (SSSR count). The van der Waals surface area contributed by atoms with Crippen molar-refractivity contribution in [2.75, 3.05) is 60.4 Å². The van der Waals surface area contributed by atoms with Gasteiger partial charge in [0.1, 0.15) is 0 Å². The van der Waals surface area contributed by atoms with Gasteiger partial charge in [-0.1, -0.05) is 39.5 Å². The minimum atomic E-state index is 1.19. The van der Waals surface area contributed by atoms with Crippen LogP contribution >= 0.6 is 0 Å². The highest BCUT2D eigenvalue weighted by molar-refractivity contribution is 4.60. The normalized spacial score (nSPS) is 12.0. The average molecular weight is 286 g/mol. The van der Waals surface area contributed by atoms with Crippen LogP contribution in [0.15, 0.2) is 0 Å². The van der Waals surface area contributed by atoms with Gasteiger partial charge in [-0.2, -0.15) is 0 Å². The lowest BCUT2D eigenvalue weighted by Crippen LogP contribution is -2.36. The SMILES string of the molecule is CCCCCN(C)CCN(C)CCN(C)CCCCC. The van der Waals surface area contributed by atoms with Crippen LogP contribution in [0, 0.1) is 0 Å². The maximum Gasteiger partial charge on any atom is 0.0107 e. The predicted octanol–water partition coefficient (Wildman–Crippen LogP) is 3.16. The second-order valence-corrected chi connectivity index (χ2v) is 6.32. The fraction of sp³-hybridized carbons (Fsp3) is 1.00. The maximum absolute atomic E-state index is 2.47. The lowest BCUT2D eigenvalue weighted by molar-refractivity contribution is 0.223. The molecule has 0 aliphatic heterocycles. The molecule has 0 N–H and O–H groups in total. The monoisotopic (exact) mass is 285 g/mol. The van der Waals surface area contributed by atoms with Crippen molar-refractivity contribution >= 4 is 0 Å². The first-order chi connectivity index (χ1) is 9.60. The van der Waals surface area contributed by atoms with E-state index in [-0.39, 0.29) is 0 Å². The summed E-state index contributed by atoms with van der Waals surface area (Å²) in [6.45, 7) is 11.8. The van der Waals surface area contributed by atoms with E-state index in [2.05, 4.69) is 49.7 Å². The molecular formula is C17H39N3. The van der Waals surface area contributed by atoms with Crippen LogP contribution in [0.25, 0.3) is 0 Å². The van der Waals surface area contributed by atoms with E-state index in [1.807, 2.05) is 0 Å². The molecule has 0 atom stereocenters. The van der Waals surface area contributed by atoms with Crippen molar-refractivity contribution in [1.29, 1.82) is 0 Å². The first-order valence-electron chi connectivity index (χ1n) is 8.65. The zero-order valence-corrected chi connectivity index (χ0v) is 14.8. The van der Waals surface area contributed by atoms with Crippen molar-refractivity contribution in [3.8, 4) is 0 Å². The van der Waals surface area contributed by atoms with E-state index < -0.39 is 0 Å².